The molecular formula is C18H13N3O2. The molecule has 5 heteroatoms. The van der Waals surface area contributed by atoms with Gasteiger partial charge in [0.2, 0.25) is 0 Å². The standard InChI is InChI=1S/C18H13N3O2/c1-11-2-6-14(7-3-11)16-15(17(18(22)23)21-20-16)13-8-4-12(10-19)5-9-13/h2-9H,1H3,(H,20,21)(H,22,23). The molecule has 3 aromatic rings. The van der Waals surface area contributed by atoms with E-state index in [1.807, 2.05) is 37.3 Å². The maximum absolute atomic E-state index is 11.5. The summed E-state index contributed by atoms with van der Waals surface area (Å²) in [6, 6.07) is 16.5. The van der Waals surface area contributed by atoms with E-state index in [2.05, 4.69) is 10.2 Å². The average molecular weight is 303 g/mol. The number of H-pyrrole nitrogens is 1. The van der Waals surface area contributed by atoms with Crippen LogP contribution in [0.2, 0.25) is 0 Å². The van der Waals surface area contributed by atoms with Gasteiger partial charge in [0.25, 0.3) is 0 Å². The first-order valence-corrected chi connectivity index (χ1v) is 6.99. The molecule has 0 aliphatic carbocycles. The molecule has 0 saturated carbocycles. The molecule has 0 aliphatic heterocycles. The molecule has 0 unspecified atom stereocenters. The molecule has 0 bridgehead atoms. The van der Waals surface area contributed by atoms with Crippen LogP contribution in [-0.2, 0) is 0 Å². The summed E-state index contributed by atoms with van der Waals surface area (Å²) in [7, 11) is 0. The minimum atomic E-state index is -1.07. The normalized spacial score (nSPS) is 10.3. The van der Waals surface area contributed by atoms with Crippen molar-refractivity contribution in [1.82, 2.24) is 10.2 Å². The van der Waals surface area contributed by atoms with E-state index in [9.17, 15) is 9.90 Å². The number of carbonyl (C=O) groups is 1. The Morgan fingerprint density at radius 2 is 1.70 bits per heavy atom. The quantitative estimate of drug-likeness (QED) is 0.773. The van der Waals surface area contributed by atoms with Gasteiger partial charge in [-0.3, -0.25) is 5.10 Å². The molecule has 1 aromatic heterocycles. The number of aromatic amines is 1. The minimum absolute atomic E-state index is 0.0327. The number of carboxylic acid groups (broad SMARTS) is 1. The van der Waals surface area contributed by atoms with Crippen molar-refractivity contribution in [3.63, 3.8) is 0 Å². The molecule has 2 N–H and O–H groups in total. The van der Waals surface area contributed by atoms with Gasteiger partial charge in [0.05, 0.1) is 11.6 Å². The van der Waals surface area contributed by atoms with E-state index in [0.717, 1.165) is 11.1 Å². The minimum Gasteiger partial charge on any atom is -0.477 e. The largest absolute Gasteiger partial charge is 0.477 e. The second-order valence-electron chi connectivity index (χ2n) is 5.18. The summed E-state index contributed by atoms with van der Waals surface area (Å²) in [5, 5.41) is 25.1. The Bertz CT molecular complexity index is 901. The molecule has 0 saturated heterocycles. The maximum Gasteiger partial charge on any atom is 0.354 e. The molecule has 0 amide bonds. The highest BCUT2D eigenvalue weighted by Gasteiger charge is 2.21. The topological polar surface area (TPSA) is 89.8 Å². The number of aromatic nitrogens is 2. The molecule has 112 valence electrons. The Morgan fingerprint density at radius 3 is 2.26 bits per heavy atom. The lowest BCUT2D eigenvalue weighted by Gasteiger charge is -2.05. The van der Waals surface area contributed by atoms with E-state index < -0.39 is 5.97 Å². The lowest BCUT2D eigenvalue weighted by molar-refractivity contribution is 0.0691. The van der Waals surface area contributed by atoms with Crippen LogP contribution in [0.5, 0.6) is 0 Å². The van der Waals surface area contributed by atoms with Gasteiger partial charge in [-0.05, 0) is 24.6 Å². The fourth-order valence-electron chi connectivity index (χ4n) is 2.41. The number of hydrogen-bond donors (Lipinski definition) is 2. The Kier molecular flexibility index (Phi) is 3.65. The Morgan fingerprint density at radius 1 is 1.09 bits per heavy atom. The molecule has 5 nitrogen and oxygen atoms in total. The second kappa shape index (κ2) is 5.78. The van der Waals surface area contributed by atoms with Gasteiger partial charge < -0.3 is 5.11 Å². The van der Waals surface area contributed by atoms with Crippen molar-refractivity contribution < 1.29 is 9.90 Å². The van der Waals surface area contributed by atoms with E-state index in [1.54, 1.807) is 24.3 Å². The third kappa shape index (κ3) is 2.70. The van der Waals surface area contributed by atoms with Crippen molar-refractivity contribution in [2.24, 2.45) is 0 Å². The van der Waals surface area contributed by atoms with Gasteiger partial charge >= 0.3 is 5.97 Å². The van der Waals surface area contributed by atoms with Crippen LogP contribution in [0.25, 0.3) is 22.4 Å². The number of rotatable bonds is 3. The summed E-state index contributed by atoms with van der Waals surface area (Å²) in [5.41, 5.74) is 4.29. The number of nitrogens with zero attached hydrogens (tertiary/aromatic N) is 2. The first-order valence-electron chi connectivity index (χ1n) is 6.99. The smallest absolute Gasteiger partial charge is 0.354 e. The number of aryl methyl sites for hydroxylation is 1. The van der Waals surface area contributed by atoms with Crippen LogP contribution >= 0.6 is 0 Å². The fraction of sp³-hybridized carbons (Fsp3) is 0.0556. The first-order chi connectivity index (χ1) is 11.1. The number of nitrogens with one attached hydrogen (secondary N) is 1. The molecule has 3 rings (SSSR count). The zero-order valence-corrected chi connectivity index (χ0v) is 12.4. The fourth-order valence-corrected chi connectivity index (χ4v) is 2.41. The Hall–Kier alpha value is -3.39. The van der Waals surface area contributed by atoms with Crippen LogP contribution in [0, 0.1) is 18.3 Å². The molecule has 2 aromatic carbocycles. The molecule has 1 heterocycles. The van der Waals surface area contributed by atoms with Crippen LogP contribution in [0.3, 0.4) is 0 Å². The van der Waals surface area contributed by atoms with Crippen LogP contribution < -0.4 is 0 Å². The van der Waals surface area contributed by atoms with Gasteiger partial charge in [-0.2, -0.15) is 10.4 Å². The lowest BCUT2D eigenvalue weighted by atomic mass is 9.97. The summed E-state index contributed by atoms with van der Waals surface area (Å²) in [6.07, 6.45) is 0. The Labute approximate surface area is 132 Å². The van der Waals surface area contributed by atoms with Gasteiger partial charge in [0.15, 0.2) is 5.69 Å². The number of hydrogen-bond acceptors (Lipinski definition) is 3. The van der Waals surface area contributed by atoms with Gasteiger partial charge in [0, 0.05) is 11.1 Å². The zero-order chi connectivity index (χ0) is 16.4. The molecule has 0 atom stereocenters. The third-order valence-electron chi connectivity index (χ3n) is 3.61. The average Bonchev–Trinajstić information content (AvgIpc) is 3.01. The highest BCUT2D eigenvalue weighted by Crippen LogP contribution is 2.33. The maximum atomic E-state index is 11.5. The monoisotopic (exact) mass is 303 g/mol. The number of aromatic carboxylic acids is 1. The molecular weight excluding hydrogens is 290 g/mol. The van der Waals surface area contributed by atoms with Crippen LogP contribution in [0.4, 0.5) is 0 Å². The molecule has 0 aliphatic rings. The van der Waals surface area contributed by atoms with E-state index in [-0.39, 0.29) is 5.69 Å². The summed E-state index contributed by atoms with van der Waals surface area (Å²) < 4.78 is 0. The SMILES string of the molecule is Cc1ccc(-c2n[nH]c(C(=O)O)c2-c2ccc(C#N)cc2)cc1. The number of benzene rings is 2. The first kappa shape index (κ1) is 14.5. The second-order valence-corrected chi connectivity index (χ2v) is 5.18. The van der Waals surface area contributed by atoms with Crippen molar-refractivity contribution >= 4 is 5.97 Å². The summed E-state index contributed by atoms with van der Waals surface area (Å²) in [4.78, 5) is 11.5. The highest BCUT2D eigenvalue weighted by atomic mass is 16.4. The van der Waals surface area contributed by atoms with Gasteiger partial charge in [-0.1, -0.05) is 42.0 Å². The summed E-state index contributed by atoms with van der Waals surface area (Å²) in [6.45, 7) is 1.98. The summed E-state index contributed by atoms with van der Waals surface area (Å²) >= 11 is 0. The molecule has 23 heavy (non-hydrogen) atoms. The summed E-state index contributed by atoms with van der Waals surface area (Å²) in [5.74, 6) is -1.07. The number of carboxylic acids is 1. The van der Waals surface area contributed by atoms with E-state index in [0.29, 0.717) is 22.4 Å². The Balaban J connectivity index is 2.20. The molecule has 0 fully saturated rings. The van der Waals surface area contributed by atoms with E-state index in [1.165, 1.54) is 0 Å². The number of nitriles is 1. The van der Waals surface area contributed by atoms with Crippen LogP contribution in [0.1, 0.15) is 21.6 Å². The van der Waals surface area contributed by atoms with Crippen molar-refractivity contribution in [2.45, 2.75) is 6.92 Å². The van der Waals surface area contributed by atoms with E-state index in [4.69, 9.17) is 5.26 Å². The van der Waals surface area contributed by atoms with Crippen LogP contribution in [-0.4, -0.2) is 21.3 Å². The zero-order valence-electron chi connectivity index (χ0n) is 12.4. The predicted octanol–water partition coefficient (Wildman–Crippen LogP) is 3.62. The van der Waals surface area contributed by atoms with Crippen molar-refractivity contribution in [3.05, 3.63) is 65.4 Å². The van der Waals surface area contributed by atoms with Gasteiger partial charge in [-0.25, -0.2) is 4.79 Å². The molecule has 0 spiro atoms. The van der Waals surface area contributed by atoms with Crippen molar-refractivity contribution in [3.8, 4) is 28.5 Å². The van der Waals surface area contributed by atoms with Crippen molar-refractivity contribution in [1.29, 1.82) is 5.26 Å². The third-order valence-corrected chi connectivity index (χ3v) is 3.61. The van der Waals surface area contributed by atoms with E-state index >= 15 is 0 Å². The van der Waals surface area contributed by atoms with Crippen LogP contribution in [0.15, 0.2) is 48.5 Å². The van der Waals surface area contributed by atoms with Gasteiger partial charge in [-0.15, -0.1) is 0 Å². The van der Waals surface area contributed by atoms with Crippen molar-refractivity contribution in [2.75, 3.05) is 0 Å². The highest BCUT2D eigenvalue weighted by molar-refractivity contribution is 5.98. The molecule has 0 radical (unpaired) electrons. The lowest BCUT2D eigenvalue weighted by Crippen LogP contribution is -1.99. The van der Waals surface area contributed by atoms with Gasteiger partial charge in [0.1, 0.15) is 5.69 Å². The predicted molar refractivity (Wildman–Crippen MR) is 85.9 cm³/mol.